The van der Waals surface area contributed by atoms with E-state index in [1.54, 1.807) is 6.92 Å². The number of ether oxygens (including phenoxy) is 1. The quantitative estimate of drug-likeness (QED) is 0.489. The maximum atomic E-state index is 13.5. The van der Waals surface area contributed by atoms with Crippen LogP contribution >= 0.6 is 0 Å². The van der Waals surface area contributed by atoms with Crippen LogP contribution in [0.5, 0.6) is 0 Å². The van der Waals surface area contributed by atoms with Crippen LogP contribution in [-0.4, -0.2) is 35.1 Å². The second-order valence-corrected chi connectivity index (χ2v) is 9.57. The van der Waals surface area contributed by atoms with Crippen molar-refractivity contribution < 1.29 is 41.0 Å². The molecular formula is C20H28F6O3. The molecule has 3 fully saturated rings. The number of hydrogen-bond acceptors (Lipinski definition) is 3. The molecule has 0 radical (unpaired) electrons. The summed E-state index contributed by atoms with van der Waals surface area (Å²) in [5.41, 5.74) is -6.22. The number of aliphatic hydroxyl groups is 1. The van der Waals surface area contributed by atoms with Gasteiger partial charge in [-0.3, -0.25) is 4.79 Å². The second kappa shape index (κ2) is 7.02. The summed E-state index contributed by atoms with van der Waals surface area (Å²) in [6.45, 7) is 5.58. The van der Waals surface area contributed by atoms with Crippen molar-refractivity contribution in [2.24, 2.45) is 35.0 Å². The van der Waals surface area contributed by atoms with Crippen molar-refractivity contribution in [3.63, 3.8) is 0 Å². The number of halogens is 6. The molecule has 0 amide bonds. The van der Waals surface area contributed by atoms with E-state index in [1.165, 1.54) is 0 Å². The Hall–Kier alpha value is -0.990. The van der Waals surface area contributed by atoms with Gasteiger partial charge in [0, 0.05) is 0 Å². The predicted octanol–water partition coefficient (Wildman–Crippen LogP) is 5.26. The molecule has 3 nitrogen and oxygen atoms in total. The van der Waals surface area contributed by atoms with E-state index < -0.39 is 41.4 Å². The highest BCUT2D eigenvalue weighted by atomic mass is 19.4. The number of carbonyl (C=O) groups excluding carboxylic acids is 1. The lowest BCUT2D eigenvalue weighted by molar-refractivity contribution is -0.396. The lowest BCUT2D eigenvalue weighted by atomic mass is 9.66. The summed E-state index contributed by atoms with van der Waals surface area (Å²) in [6.07, 6.45) is -12.7. The fourth-order valence-corrected chi connectivity index (χ4v) is 6.11. The molecule has 168 valence electrons. The van der Waals surface area contributed by atoms with Gasteiger partial charge in [0.15, 0.2) is 6.10 Å². The largest absolute Gasteiger partial charge is 0.458 e. The first kappa shape index (κ1) is 22.7. The van der Waals surface area contributed by atoms with Crippen molar-refractivity contribution in [2.45, 2.75) is 83.4 Å². The molecular weight excluding hydrogens is 402 g/mol. The highest BCUT2D eigenvalue weighted by Crippen LogP contribution is 2.62. The zero-order valence-electron chi connectivity index (χ0n) is 16.7. The van der Waals surface area contributed by atoms with Crippen LogP contribution < -0.4 is 0 Å². The Kier molecular flexibility index (Phi) is 5.49. The Morgan fingerprint density at radius 1 is 1.03 bits per heavy atom. The summed E-state index contributed by atoms with van der Waals surface area (Å²) in [4.78, 5) is 13.0. The predicted molar refractivity (Wildman–Crippen MR) is 91.5 cm³/mol. The first-order chi connectivity index (χ1) is 13.1. The molecule has 0 aromatic heterocycles. The molecule has 1 N–H and O–H groups in total. The lowest BCUT2D eigenvalue weighted by Crippen LogP contribution is -2.67. The zero-order valence-corrected chi connectivity index (χ0v) is 16.7. The molecule has 3 aliphatic carbocycles. The van der Waals surface area contributed by atoms with Gasteiger partial charge in [-0.05, 0) is 62.2 Å². The molecule has 3 rings (SSSR count). The van der Waals surface area contributed by atoms with E-state index in [9.17, 15) is 36.2 Å². The molecule has 0 heterocycles. The van der Waals surface area contributed by atoms with Gasteiger partial charge in [-0.1, -0.05) is 26.7 Å². The van der Waals surface area contributed by atoms with Gasteiger partial charge in [-0.2, -0.15) is 26.3 Å². The summed E-state index contributed by atoms with van der Waals surface area (Å²) >= 11 is 0. The number of esters is 1. The number of fused-ring (bicyclic) bond motifs is 2. The van der Waals surface area contributed by atoms with Gasteiger partial charge >= 0.3 is 18.3 Å². The van der Waals surface area contributed by atoms with E-state index in [0.717, 1.165) is 0 Å². The maximum absolute atomic E-state index is 13.5. The average molecular weight is 430 g/mol. The molecule has 0 saturated heterocycles. The Bertz CT molecular complexity index is 623. The van der Waals surface area contributed by atoms with Gasteiger partial charge in [0.2, 0.25) is 0 Å². The highest BCUT2D eigenvalue weighted by molar-refractivity contribution is 5.78. The van der Waals surface area contributed by atoms with Gasteiger partial charge in [0.25, 0.3) is 5.60 Å². The molecule has 2 bridgehead atoms. The van der Waals surface area contributed by atoms with Crippen molar-refractivity contribution in [2.75, 3.05) is 0 Å². The first-order valence-corrected chi connectivity index (χ1v) is 10.2. The van der Waals surface area contributed by atoms with Crippen LogP contribution in [0.2, 0.25) is 0 Å². The van der Waals surface area contributed by atoms with Crippen molar-refractivity contribution in [1.29, 1.82) is 0 Å². The Morgan fingerprint density at radius 3 is 1.97 bits per heavy atom. The van der Waals surface area contributed by atoms with E-state index in [1.807, 2.05) is 13.8 Å². The molecule has 0 spiro atoms. The van der Waals surface area contributed by atoms with E-state index in [2.05, 4.69) is 0 Å². The van der Waals surface area contributed by atoms with Crippen LogP contribution in [0.25, 0.3) is 0 Å². The third-order valence-corrected chi connectivity index (χ3v) is 8.07. The molecule has 0 aliphatic heterocycles. The summed E-state index contributed by atoms with van der Waals surface area (Å²) in [7, 11) is 0. The van der Waals surface area contributed by atoms with Gasteiger partial charge in [0.1, 0.15) is 0 Å². The molecule has 6 atom stereocenters. The summed E-state index contributed by atoms with van der Waals surface area (Å²) in [5.74, 6) is -1.72. The summed E-state index contributed by atoms with van der Waals surface area (Å²) in [6, 6.07) is 0. The molecule has 6 unspecified atom stereocenters. The molecule has 3 aliphatic rings. The monoisotopic (exact) mass is 430 g/mol. The minimum Gasteiger partial charge on any atom is -0.458 e. The Balaban J connectivity index is 1.94. The van der Waals surface area contributed by atoms with Gasteiger partial charge in [-0.25, -0.2) is 0 Å². The van der Waals surface area contributed by atoms with Gasteiger partial charge in [0.05, 0.1) is 5.41 Å². The van der Waals surface area contributed by atoms with Crippen LogP contribution in [0.4, 0.5) is 26.3 Å². The maximum Gasteiger partial charge on any atom is 0.430 e. The molecule has 9 heteroatoms. The zero-order chi connectivity index (χ0) is 22.0. The smallest absolute Gasteiger partial charge is 0.430 e. The third kappa shape index (κ3) is 3.35. The van der Waals surface area contributed by atoms with Gasteiger partial charge in [-0.15, -0.1) is 0 Å². The minimum atomic E-state index is -6.02. The van der Waals surface area contributed by atoms with Crippen molar-refractivity contribution >= 4 is 5.97 Å². The minimum absolute atomic E-state index is 0.0443. The fraction of sp³-hybridized carbons (Fsp3) is 0.950. The molecule has 0 aromatic rings. The average Bonchev–Trinajstić information content (AvgIpc) is 3.28. The summed E-state index contributed by atoms with van der Waals surface area (Å²) < 4.78 is 86.2. The first-order valence-electron chi connectivity index (χ1n) is 10.2. The summed E-state index contributed by atoms with van der Waals surface area (Å²) in [5, 5.41) is 9.98. The van der Waals surface area contributed by atoms with Crippen LogP contribution in [0.1, 0.15) is 59.3 Å². The normalized spacial score (nSPS) is 37.2. The van der Waals surface area contributed by atoms with E-state index >= 15 is 0 Å². The van der Waals surface area contributed by atoms with Crippen LogP contribution in [0, 0.1) is 35.0 Å². The fourth-order valence-electron chi connectivity index (χ4n) is 6.11. The van der Waals surface area contributed by atoms with E-state index in [-0.39, 0.29) is 30.6 Å². The van der Waals surface area contributed by atoms with Crippen LogP contribution in [0.15, 0.2) is 0 Å². The van der Waals surface area contributed by atoms with Crippen molar-refractivity contribution in [3.05, 3.63) is 0 Å². The topological polar surface area (TPSA) is 46.5 Å². The standard InChI is InChI=1S/C20H28F6O3/c1-10-11(2)14-8-13(10)9-17(14,3)16(27)29-15(12-6-4-5-7-12)18(28,19(21,22)23)20(24,25)26/h10-15,28H,4-9H2,1-3H3. The van der Waals surface area contributed by atoms with Crippen molar-refractivity contribution in [1.82, 2.24) is 0 Å². The molecule has 0 aromatic carbocycles. The van der Waals surface area contributed by atoms with Crippen LogP contribution in [-0.2, 0) is 9.53 Å². The molecule has 3 saturated carbocycles. The second-order valence-electron chi connectivity index (χ2n) is 9.57. The van der Waals surface area contributed by atoms with Crippen LogP contribution in [0.3, 0.4) is 0 Å². The number of hydrogen-bond donors (Lipinski definition) is 1. The van der Waals surface area contributed by atoms with Gasteiger partial charge < -0.3 is 9.84 Å². The van der Waals surface area contributed by atoms with E-state index in [4.69, 9.17) is 4.74 Å². The Morgan fingerprint density at radius 2 is 1.55 bits per heavy atom. The SMILES string of the molecule is CC1C2CC(C1C)C(C)(C(=O)OC(C1CCCC1)C(O)(C(F)(F)F)C(F)(F)F)C2. The highest BCUT2D eigenvalue weighted by Gasteiger charge is 2.77. The van der Waals surface area contributed by atoms with E-state index in [0.29, 0.717) is 31.6 Å². The number of alkyl halides is 6. The lowest BCUT2D eigenvalue weighted by Gasteiger charge is -2.44. The van der Waals surface area contributed by atoms with Crippen molar-refractivity contribution in [3.8, 4) is 0 Å². The Labute approximate surface area is 166 Å². The number of carbonyl (C=O) groups is 1. The third-order valence-electron chi connectivity index (χ3n) is 8.07. The molecule has 29 heavy (non-hydrogen) atoms. The number of rotatable bonds is 4.